The third-order valence-corrected chi connectivity index (χ3v) is 3.93. The predicted octanol–water partition coefficient (Wildman–Crippen LogP) is 2.14. The molecule has 1 unspecified atom stereocenters. The molecule has 1 heterocycles. The first-order chi connectivity index (χ1) is 9.47. The van der Waals surface area contributed by atoms with Crippen molar-refractivity contribution in [3.63, 3.8) is 0 Å². The van der Waals surface area contributed by atoms with Crippen LogP contribution in [0.4, 0.5) is 5.69 Å². The highest BCUT2D eigenvalue weighted by molar-refractivity contribution is 5.81. The zero-order chi connectivity index (χ0) is 14.7. The average molecular weight is 275 g/mol. The van der Waals surface area contributed by atoms with E-state index in [0.29, 0.717) is 5.92 Å². The molecular weight excluding hydrogens is 250 g/mol. The van der Waals surface area contributed by atoms with E-state index >= 15 is 0 Å². The minimum atomic E-state index is -0.101. The van der Waals surface area contributed by atoms with E-state index in [0.717, 1.165) is 31.7 Å². The first-order valence-corrected chi connectivity index (χ1v) is 7.36. The van der Waals surface area contributed by atoms with Crippen molar-refractivity contribution in [2.24, 2.45) is 5.92 Å². The van der Waals surface area contributed by atoms with Crippen molar-refractivity contribution in [2.75, 3.05) is 12.3 Å². The Morgan fingerprint density at radius 1 is 1.30 bits per heavy atom. The van der Waals surface area contributed by atoms with Crippen molar-refractivity contribution in [2.45, 2.75) is 46.3 Å². The number of nitrogens with zero attached hydrogens (tertiary/aromatic N) is 1. The van der Waals surface area contributed by atoms with E-state index in [9.17, 15) is 4.79 Å². The molecule has 0 radical (unpaired) electrons. The first-order valence-electron chi connectivity index (χ1n) is 7.36. The van der Waals surface area contributed by atoms with Crippen LogP contribution in [0.3, 0.4) is 0 Å². The number of nitrogen functional groups attached to an aromatic ring is 1. The van der Waals surface area contributed by atoms with Gasteiger partial charge in [-0.25, -0.2) is 0 Å². The average Bonchev–Trinajstić information content (AvgIpc) is 2.80. The minimum Gasteiger partial charge on any atom is -0.399 e. The molecule has 1 aromatic rings. The molecule has 1 atom stereocenters. The number of anilines is 1. The Bertz CT molecular complexity index is 485. The van der Waals surface area contributed by atoms with Crippen LogP contribution in [0, 0.1) is 5.92 Å². The summed E-state index contributed by atoms with van der Waals surface area (Å²) in [7, 11) is 0. The van der Waals surface area contributed by atoms with Crippen LogP contribution in [0.2, 0.25) is 0 Å². The Hall–Kier alpha value is -1.55. The van der Waals surface area contributed by atoms with Crippen LogP contribution < -0.4 is 11.1 Å². The zero-order valence-electron chi connectivity index (χ0n) is 12.6. The van der Waals surface area contributed by atoms with Crippen LogP contribution in [0.15, 0.2) is 18.2 Å². The highest BCUT2D eigenvalue weighted by Crippen LogP contribution is 2.26. The van der Waals surface area contributed by atoms with Crippen molar-refractivity contribution < 1.29 is 4.79 Å². The fourth-order valence-corrected chi connectivity index (χ4v) is 2.51. The van der Waals surface area contributed by atoms with Crippen LogP contribution >= 0.6 is 0 Å². The second kappa shape index (κ2) is 6.27. The van der Waals surface area contributed by atoms with Gasteiger partial charge in [0.2, 0.25) is 5.91 Å². The lowest BCUT2D eigenvalue weighted by atomic mass is 10.1. The minimum absolute atomic E-state index is 0.101. The standard InChI is InChI=1S/C16H25N3O/c1-11(2)6-7-18-16(20)12(3)19-9-13-4-5-15(17)8-14(13)10-19/h4-5,8,11-12H,6-7,9-10,17H2,1-3H3,(H,18,20). The maximum atomic E-state index is 12.2. The third-order valence-electron chi connectivity index (χ3n) is 3.93. The predicted molar refractivity (Wildman–Crippen MR) is 82.0 cm³/mol. The van der Waals surface area contributed by atoms with E-state index in [-0.39, 0.29) is 11.9 Å². The summed E-state index contributed by atoms with van der Waals surface area (Å²) in [5.74, 6) is 0.732. The molecule has 2 rings (SSSR count). The van der Waals surface area contributed by atoms with E-state index in [1.165, 1.54) is 11.1 Å². The number of benzene rings is 1. The molecular formula is C16H25N3O. The van der Waals surface area contributed by atoms with E-state index in [1.54, 1.807) is 0 Å². The van der Waals surface area contributed by atoms with Gasteiger partial charge in [-0.1, -0.05) is 19.9 Å². The van der Waals surface area contributed by atoms with Crippen LogP contribution in [0.1, 0.15) is 38.3 Å². The topological polar surface area (TPSA) is 58.4 Å². The fraction of sp³-hybridized carbons (Fsp3) is 0.562. The van der Waals surface area contributed by atoms with Gasteiger partial charge < -0.3 is 11.1 Å². The number of amides is 1. The lowest BCUT2D eigenvalue weighted by Crippen LogP contribution is -2.43. The Labute approximate surface area is 121 Å². The molecule has 0 fully saturated rings. The Morgan fingerprint density at radius 3 is 2.70 bits per heavy atom. The number of fused-ring (bicyclic) bond motifs is 1. The maximum Gasteiger partial charge on any atom is 0.237 e. The van der Waals surface area contributed by atoms with Crippen molar-refractivity contribution in [3.05, 3.63) is 29.3 Å². The molecule has 0 spiro atoms. The first kappa shape index (κ1) is 14.9. The normalized spacial score (nSPS) is 16.2. The van der Waals surface area contributed by atoms with E-state index in [2.05, 4.69) is 30.1 Å². The monoisotopic (exact) mass is 275 g/mol. The zero-order valence-corrected chi connectivity index (χ0v) is 12.6. The van der Waals surface area contributed by atoms with Crippen LogP contribution in [0.25, 0.3) is 0 Å². The maximum absolute atomic E-state index is 12.2. The molecule has 1 amide bonds. The molecule has 0 saturated carbocycles. The van der Waals surface area contributed by atoms with Crippen LogP contribution in [-0.4, -0.2) is 23.4 Å². The molecule has 20 heavy (non-hydrogen) atoms. The second-order valence-corrected chi connectivity index (χ2v) is 6.08. The van der Waals surface area contributed by atoms with Gasteiger partial charge in [0.25, 0.3) is 0 Å². The highest BCUT2D eigenvalue weighted by atomic mass is 16.2. The summed E-state index contributed by atoms with van der Waals surface area (Å²) < 4.78 is 0. The van der Waals surface area contributed by atoms with E-state index < -0.39 is 0 Å². The van der Waals surface area contributed by atoms with Gasteiger partial charge in [0.1, 0.15) is 0 Å². The van der Waals surface area contributed by atoms with Gasteiger partial charge in [0, 0.05) is 25.3 Å². The van der Waals surface area contributed by atoms with Crippen molar-refractivity contribution >= 4 is 11.6 Å². The summed E-state index contributed by atoms with van der Waals surface area (Å²) in [6.45, 7) is 8.69. The Morgan fingerprint density at radius 2 is 2.00 bits per heavy atom. The number of carbonyl (C=O) groups is 1. The Kier molecular flexibility index (Phi) is 4.65. The summed E-state index contributed by atoms with van der Waals surface area (Å²) in [4.78, 5) is 14.3. The molecule has 0 saturated heterocycles. The lowest BCUT2D eigenvalue weighted by molar-refractivity contribution is -0.126. The molecule has 0 bridgehead atoms. The van der Waals surface area contributed by atoms with Crippen LogP contribution in [-0.2, 0) is 17.9 Å². The van der Waals surface area contributed by atoms with E-state index in [4.69, 9.17) is 5.73 Å². The van der Waals surface area contributed by atoms with Gasteiger partial charge in [-0.15, -0.1) is 0 Å². The molecule has 1 aromatic carbocycles. The number of hydrogen-bond donors (Lipinski definition) is 2. The molecule has 4 nitrogen and oxygen atoms in total. The summed E-state index contributed by atoms with van der Waals surface area (Å²) in [5, 5.41) is 3.02. The quantitative estimate of drug-likeness (QED) is 0.809. The summed E-state index contributed by atoms with van der Waals surface area (Å²) in [6.07, 6.45) is 1.02. The molecule has 110 valence electrons. The molecule has 1 aliphatic heterocycles. The number of carbonyl (C=O) groups excluding carboxylic acids is 1. The number of rotatable bonds is 5. The van der Waals surface area contributed by atoms with Gasteiger partial charge in [0.05, 0.1) is 6.04 Å². The Balaban J connectivity index is 1.89. The summed E-state index contributed by atoms with van der Waals surface area (Å²) in [6, 6.07) is 5.90. The van der Waals surface area contributed by atoms with Gasteiger partial charge in [-0.3, -0.25) is 9.69 Å². The summed E-state index contributed by atoms with van der Waals surface area (Å²) in [5.41, 5.74) is 9.12. The largest absolute Gasteiger partial charge is 0.399 e. The number of nitrogens with two attached hydrogens (primary N) is 1. The van der Waals surface area contributed by atoms with Gasteiger partial charge in [0.15, 0.2) is 0 Å². The molecule has 4 heteroatoms. The highest BCUT2D eigenvalue weighted by Gasteiger charge is 2.27. The van der Waals surface area contributed by atoms with Crippen molar-refractivity contribution in [3.8, 4) is 0 Å². The molecule has 1 aliphatic rings. The number of hydrogen-bond acceptors (Lipinski definition) is 3. The lowest BCUT2D eigenvalue weighted by Gasteiger charge is -2.23. The fourth-order valence-electron chi connectivity index (χ4n) is 2.51. The molecule has 0 aliphatic carbocycles. The number of nitrogens with one attached hydrogen (secondary N) is 1. The molecule has 3 N–H and O–H groups in total. The van der Waals surface area contributed by atoms with Crippen molar-refractivity contribution in [1.82, 2.24) is 10.2 Å². The van der Waals surface area contributed by atoms with Crippen LogP contribution in [0.5, 0.6) is 0 Å². The SMILES string of the molecule is CC(C)CCNC(=O)C(C)N1Cc2ccc(N)cc2C1. The second-order valence-electron chi connectivity index (χ2n) is 6.08. The van der Waals surface area contributed by atoms with Gasteiger partial charge in [-0.2, -0.15) is 0 Å². The molecule has 0 aromatic heterocycles. The third kappa shape index (κ3) is 3.51. The smallest absolute Gasteiger partial charge is 0.237 e. The summed E-state index contributed by atoms with van der Waals surface area (Å²) >= 11 is 0. The van der Waals surface area contributed by atoms with E-state index in [1.807, 2.05) is 19.1 Å². The van der Waals surface area contributed by atoms with Crippen molar-refractivity contribution in [1.29, 1.82) is 0 Å². The van der Waals surface area contributed by atoms with Gasteiger partial charge in [-0.05, 0) is 42.5 Å². The van der Waals surface area contributed by atoms with Gasteiger partial charge >= 0.3 is 0 Å².